The number of hydrogen-bond donors (Lipinski definition) is 1. The Kier molecular flexibility index (Phi) is 3.11. The first kappa shape index (κ1) is 14.5. The lowest BCUT2D eigenvalue weighted by Gasteiger charge is -2.34. The molecule has 0 aliphatic carbocycles. The highest BCUT2D eigenvalue weighted by atomic mass is 16.5. The quantitative estimate of drug-likeness (QED) is 0.851. The van der Waals surface area contributed by atoms with Gasteiger partial charge in [0.2, 0.25) is 5.88 Å². The Labute approximate surface area is 145 Å². The van der Waals surface area contributed by atoms with Crippen molar-refractivity contribution in [2.45, 2.75) is 5.54 Å². The van der Waals surface area contributed by atoms with Crippen LogP contribution in [0.4, 0.5) is 5.69 Å². The number of morpholine rings is 1. The maximum Gasteiger partial charge on any atom is 0.283 e. The van der Waals surface area contributed by atoms with Crippen molar-refractivity contribution in [1.82, 2.24) is 4.98 Å². The normalized spacial score (nSPS) is 24.2. The zero-order valence-corrected chi connectivity index (χ0v) is 13.6. The molecule has 0 bridgehead atoms. The number of pyridine rings is 1. The van der Waals surface area contributed by atoms with Crippen LogP contribution < -0.4 is 15.4 Å². The predicted octanol–water partition coefficient (Wildman–Crippen LogP) is 1.61. The van der Waals surface area contributed by atoms with Gasteiger partial charge in [0.15, 0.2) is 5.54 Å². The lowest BCUT2D eigenvalue weighted by molar-refractivity contribution is 0.122. The third-order valence-electron chi connectivity index (χ3n) is 4.93. The highest BCUT2D eigenvalue weighted by molar-refractivity contribution is 5.76. The van der Waals surface area contributed by atoms with Crippen LogP contribution in [0.5, 0.6) is 11.6 Å². The Hall–Kier alpha value is -2.80. The lowest BCUT2D eigenvalue weighted by Crippen LogP contribution is -2.37. The SMILES string of the molecule is NC1=N[C@@]2(CO1)c1ccccc1Oc1ncc(N3CCOCC3)cc12. The van der Waals surface area contributed by atoms with E-state index in [9.17, 15) is 0 Å². The smallest absolute Gasteiger partial charge is 0.283 e. The van der Waals surface area contributed by atoms with Gasteiger partial charge in [-0.3, -0.25) is 0 Å². The third-order valence-corrected chi connectivity index (χ3v) is 4.93. The van der Waals surface area contributed by atoms with Gasteiger partial charge in [0.05, 0.1) is 30.7 Å². The summed E-state index contributed by atoms with van der Waals surface area (Å²) < 4.78 is 17.0. The first-order valence-electron chi connectivity index (χ1n) is 8.35. The van der Waals surface area contributed by atoms with Gasteiger partial charge in [-0.1, -0.05) is 18.2 Å². The molecule has 25 heavy (non-hydrogen) atoms. The average molecular weight is 338 g/mol. The van der Waals surface area contributed by atoms with Gasteiger partial charge in [-0.15, -0.1) is 0 Å². The van der Waals surface area contributed by atoms with Gasteiger partial charge in [0, 0.05) is 18.7 Å². The Morgan fingerprint density at radius 1 is 1.12 bits per heavy atom. The molecule has 1 aromatic carbocycles. The van der Waals surface area contributed by atoms with Crippen LogP contribution in [0.2, 0.25) is 0 Å². The van der Waals surface area contributed by atoms with Crippen molar-refractivity contribution in [2.24, 2.45) is 10.7 Å². The molecule has 7 nitrogen and oxygen atoms in total. The summed E-state index contributed by atoms with van der Waals surface area (Å²) in [4.78, 5) is 11.5. The molecule has 0 saturated carbocycles. The van der Waals surface area contributed by atoms with Crippen molar-refractivity contribution >= 4 is 11.7 Å². The van der Waals surface area contributed by atoms with Gasteiger partial charge < -0.3 is 24.8 Å². The Balaban J connectivity index is 1.67. The van der Waals surface area contributed by atoms with Crippen molar-refractivity contribution in [3.63, 3.8) is 0 Å². The number of benzene rings is 1. The summed E-state index contributed by atoms with van der Waals surface area (Å²) in [5.41, 5.74) is 8.04. The van der Waals surface area contributed by atoms with Crippen LogP contribution in [0.15, 0.2) is 41.5 Å². The summed E-state index contributed by atoms with van der Waals surface area (Å²) >= 11 is 0. The molecule has 1 atom stereocenters. The molecule has 5 rings (SSSR count). The van der Waals surface area contributed by atoms with E-state index in [1.807, 2.05) is 30.5 Å². The van der Waals surface area contributed by atoms with Gasteiger partial charge in [0.1, 0.15) is 12.4 Å². The molecule has 7 heteroatoms. The molecule has 3 aliphatic heterocycles. The summed E-state index contributed by atoms with van der Waals surface area (Å²) in [7, 11) is 0. The van der Waals surface area contributed by atoms with Crippen LogP contribution in [-0.2, 0) is 15.0 Å². The number of nitrogens with zero attached hydrogens (tertiary/aromatic N) is 3. The fourth-order valence-electron chi connectivity index (χ4n) is 3.67. The van der Waals surface area contributed by atoms with Crippen LogP contribution in [0.3, 0.4) is 0 Å². The van der Waals surface area contributed by atoms with Gasteiger partial charge in [0.25, 0.3) is 6.02 Å². The topological polar surface area (TPSA) is 82.2 Å². The molecule has 128 valence electrons. The molecular formula is C18H18N4O3. The van der Waals surface area contributed by atoms with Gasteiger partial charge >= 0.3 is 0 Å². The molecule has 1 fully saturated rings. The summed E-state index contributed by atoms with van der Waals surface area (Å²) in [6.07, 6.45) is 1.84. The third kappa shape index (κ3) is 2.16. The van der Waals surface area contributed by atoms with Crippen molar-refractivity contribution < 1.29 is 14.2 Å². The lowest BCUT2D eigenvalue weighted by atomic mass is 9.82. The summed E-state index contributed by atoms with van der Waals surface area (Å²) in [6.45, 7) is 3.46. The summed E-state index contributed by atoms with van der Waals surface area (Å²) in [6, 6.07) is 10.1. The summed E-state index contributed by atoms with van der Waals surface area (Å²) in [5.74, 6) is 1.29. The molecule has 3 aliphatic rings. The number of hydrogen-bond acceptors (Lipinski definition) is 7. The van der Waals surface area contributed by atoms with Gasteiger partial charge in [-0.2, -0.15) is 0 Å². The van der Waals surface area contributed by atoms with E-state index in [-0.39, 0.29) is 6.02 Å². The Morgan fingerprint density at radius 2 is 1.96 bits per heavy atom. The molecule has 4 heterocycles. The first-order valence-corrected chi connectivity index (χ1v) is 8.35. The molecular weight excluding hydrogens is 320 g/mol. The van der Waals surface area contributed by atoms with E-state index in [1.165, 1.54) is 0 Å². The van der Waals surface area contributed by atoms with E-state index in [1.54, 1.807) is 0 Å². The molecule has 0 amide bonds. The molecule has 2 N–H and O–H groups in total. The van der Waals surface area contributed by atoms with Crippen LogP contribution >= 0.6 is 0 Å². The van der Waals surface area contributed by atoms with E-state index < -0.39 is 5.54 Å². The number of nitrogens with two attached hydrogens (primary N) is 1. The maximum atomic E-state index is 6.02. The van der Waals surface area contributed by atoms with E-state index in [0.717, 1.165) is 48.9 Å². The first-order chi connectivity index (χ1) is 12.3. The number of anilines is 1. The van der Waals surface area contributed by atoms with Crippen molar-refractivity contribution in [3.8, 4) is 11.6 Å². The molecule has 1 aromatic heterocycles. The number of amidine groups is 1. The molecule has 0 unspecified atom stereocenters. The minimum Gasteiger partial charge on any atom is -0.462 e. The van der Waals surface area contributed by atoms with E-state index in [4.69, 9.17) is 19.9 Å². The number of ether oxygens (including phenoxy) is 3. The summed E-state index contributed by atoms with van der Waals surface area (Å²) in [5, 5.41) is 0. The average Bonchev–Trinajstić information content (AvgIpc) is 3.05. The highest BCUT2D eigenvalue weighted by Crippen LogP contribution is 2.50. The zero-order valence-electron chi connectivity index (χ0n) is 13.6. The Morgan fingerprint density at radius 3 is 2.76 bits per heavy atom. The highest BCUT2D eigenvalue weighted by Gasteiger charge is 2.47. The number of rotatable bonds is 1. The van der Waals surface area contributed by atoms with Crippen molar-refractivity contribution in [1.29, 1.82) is 0 Å². The predicted molar refractivity (Wildman–Crippen MR) is 92.1 cm³/mol. The van der Waals surface area contributed by atoms with E-state index in [0.29, 0.717) is 12.5 Å². The second-order valence-corrected chi connectivity index (χ2v) is 6.34. The zero-order chi connectivity index (χ0) is 16.9. The number of fused-ring (bicyclic) bond motifs is 4. The number of para-hydroxylation sites is 1. The standard InChI is InChI=1S/C18H18N4O3/c19-17-21-18(11-24-17)13-3-1-2-4-15(13)25-16-14(18)9-12(10-20-16)22-5-7-23-8-6-22/h1-4,9-10H,5-8,11H2,(H2,19,21)/t18-/m0/s1. The molecule has 0 radical (unpaired) electrons. The number of aliphatic imine (C=N–C) groups is 1. The Bertz CT molecular complexity index is 863. The molecule has 1 saturated heterocycles. The minimum absolute atomic E-state index is 0.194. The second-order valence-electron chi connectivity index (χ2n) is 6.34. The van der Waals surface area contributed by atoms with Gasteiger partial charge in [-0.05, 0) is 12.1 Å². The monoisotopic (exact) mass is 338 g/mol. The van der Waals surface area contributed by atoms with E-state index in [2.05, 4.69) is 20.9 Å². The largest absolute Gasteiger partial charge is 0.462 e. The van der Waals surface area contributed by atoms with Crippen LogP contribution in [0, 0.1) is 0 Å². The molecule has 2 aromatic rings. The van der Waals surface area contributed by atoms with Crippen LogP contribution in [-0.4, -0.2) is 43.9 Å². The maximum absolute atomic E-state index is 6.02. The van der Waals surface area contributed by atoms with Crippen molar-refractivity contribution in [2.75, 3.05) is 37.8 Å². The number of aromatic nitrogens is 1. The fourth-order valence-corrected chi connectivity index (χ4v) is 3.67. The van der Waals surface area contributed by atoms with E-state index >= 15 is 0 Å². The molecule has 1 spiro atoms. The fraction of sp³-hybridized carbons (Fsp3) is 0.333. The van der Waals surface area contributed by atoms with Crippen molar-refractivity contribution in [3.05, 3.63) is 47.7 Å². The van der Waals surface area contributed by atoms with Crippen LogP contribution in [0.1, 0.15) is 11.1 Å². The van der Waals surface area contributed by atoms with Crippen LogP contribution in [0.25, 0.3) is 0 Å². The van der Waals surface area contributed by atoms with Gasteiger partial charge in [-0.25, -0.2) is 9.98 Å². The minimum atomic E-state index is -0.705. The second kappa shape index (κ2) is 5.35.